The lowest BCUT2D eigenvalue weighted by Crippen LogP contribution is -2.12. The number of hydrogen-bond acceptors (Lipinski definition) is 4. The summed E-state index contributed by atoms with van der Waals surface area (Å²) >= 11 is 0. The third kappa shape index (κ3) is 6.58. The minimum atomic E-state index is -4.10. The smallest absolute Gasteiger partial charge is 0.370 e. The van der Waals surface area contributed by atoms with Crippen LogP contribution in [-0.2, 0) is 6.42 Å². The van der Waals surface area contributed by atoms with E-state index in [0.29, 0.717) is 17.5 Å². The SMILES string of the molecule is CCCc1nc(NCC)cc(NCCCC(F)(F)F)n1. The summed E-state index contributed by atoms with van der Waals surface area (Å²) in [7, 11) is 0. The molecule has 0 aliphatic carbocycles. The van der Waals surface area contributed by atoms with Crippen molar-refractivity contribution in [3.8, 4) is 0 Å². The standard InChI is InChI=1S/C13H21F3N4/c1-3-6-10-19-11(17-4-2)9-12(20-10)18-8-5-7-13(14,15)16/h9H,3-8H2,1-2H3,(H2,17,18,19,20). The fraction of sp³-hybridized carbons (Fsp3) is 0.692. The van der Waals surface area contributed by atoms with Gasteiger partial charge in [0.05, 0.1) is 0 Å². The summed E-state index contributed by atoms with van der Waals surface area (Å²) < 4.78 is 36.1. The van der Waals surface area contributed by atoms with Gasteiger partial charge in [0, 0.05) is 32.0 Å². The van der Waals surface area contributed by atoms with Gasteiger partial charge in [-0.25, -0.2) is 9.97 Å². The van der Waals surface area contributed by atoms with Crippen LogP contribution in [0.25, 0.3) is 0 Å². The summed E-state index contributed by atoms with van der Waals surface area (Å²) in [4.78, 5) is 8.63. The fourth-order valence-corrected chi connectivity index (χ4v) is 1.70. The van der Waals surface area contributed by atoms with E-state index in [1.807, 2.05) is 13.8 Å². The summed E-state index contributed by atoms with van der Waals surface area (Å²) in [6, 6.07) is 1.72. The van der Waals surface area contributed by atoms with E-state index in [0.717, 1.165) is 19.4 Å². The molecule has 0 aliphatic heterocycles. The molecule has 2 N–H and O–H groups in total. The topological polar surface area (TPSA) is 49.8 Å². The van der Waals surface area contributed by atoms with Crippen molar-refractivity contribution < 1.29 is 13.2 Å². The molecule has 0 bridgehead atoms. The van der Waals surface area contributed by atoms with Gasteiger partial charge >= 0.3 is 6.18 Å². The number of rotatable bonds is 8. The van der Waals surface area contributed by atoms with Gasteiger partial charge in [0.15, 0.2) is 0 Å². The van der Waals surface area contributed by atoms with Crippen molar-refractivity contribution in [1.29, 1.82) is 0 Å². The van der Waals surface area contributed by atoms with Gasteiger partial charge in [0.25, 0.3) is 0 Å². The lowest BCUT2D eigenvalue weighted by molar-refractivity contribution is -0.134. The Morgan fingerprint density at radius 2 is 1.75 bits per heavy atom. The van der Waals surface area contributed by atoms with Crippen LogP contribution in [-0.4, -0.2) is 29.2 Å². The zero-order chi connectivity index (χ0) is 15.0. The van der Waals surface area contributed by atoms with Crippen molar-refractivity contribution >= 4 is 11.6 Å². The first-order valence-electron chi connectivity index (χ1n) is 6.87. The average Bonchev–Trinajstić information content (AvgIpc) is 2.34. The Bertz CT molecular complexity index is 383. The van der Waals surface area contributed by atoms with E-state index in [9.17, 15) is 13.2 Å². The molecule has 0 amide bonds. The lowest BCUT2D eigenvalue weighted by Gasteiger charge is -2.11. The van der Waals surface area contributed by atoms with Crippen molar-refractivity contribution in [2.75, 3.05) is 23.7 Å². The van der Waals surface area contributed by atoms with Crippen molar-refractivity contribution in [1.82, 2.24) is 9.97 Å². The Morgan fingerprint density at radius 3 is 2.30 bits per heavy atom. The van der Waals surface area contributed by atoms with Gasteiger partial charge in [-0.05, 0) is 19.8 Å². The van der Waals surface area contributed by atoms with E-state index in [2.05, 4.69) is 20.6 Å². The maximum atomic E-state index is 12.0. The van der Waals surface area contributed by atoms with Crippen molar-refractivity contribution in [3.05, 3.63) is 11.9 Å². The number of halogens is 3. The van der Waals surface area contributed by atoms with E-state index < -0.39 is 12.6 Å². The molecule has 0 aliphatic rings. The number of alkyl halides is 3. The highest BCUT2D eigenvalue weighted by Gasteiger charge is 2.25. The predicted octanol–water partition coefficient (Wildman–Crippen LogP) is 3.62. The van der Waals surface area contributed by atoms with E-state index in [1.165, 1.54) is 0 Å². The Balaban J connectivity index is 2.58. The monoisotopic (exact) mass is 290 g/mol. The van der Waals surface area contributed by atoms with Crippen molar-refractivity contribution in [2.45, 2.75) is 45.7 Å². The van der Waals surface area contributed by atoms with Gasteiger partial charge in [0.1, 0.15) is 17.5 Å². The van der Waals surface area contributed by atoms with E-state index in [1.54, 1.807) is 6.07 Å². The molecular formula is C13H21F3N4. The molecule has 0 atom stereocenters. The first-order chi connectivity index (χ1) is 9.44. The van der Waals surface area contributed by atoms with Gasteiger partial charge < -0.3 is 10.6 Å². The quantitative estimate of drug-likeness (QED) is 0.718. The van der Waals surface area contributed by atoms with Crippen LogP contribution in [0.1, 0.15) is 38.9 Å². The number of aryl methyl sites for hydroxylation is 1. The summed E-state index contributed by atoms with van der Waals surface area (Å²) in [6.07, 6.45) is -3.19. The van der Waals surface area contributed by atoms with Crippen LogP contribution in [0.15, 0.2) is 6.07 Å². The highest BCUT2D eigenvalue weighted by atomic mass is 19.4. The normalized spacial score (nSPS) is 11.4. The van der Waals surface area contributed by atoms with Crippen LogP contribution in [0.2, 0.25) is 0 Å². The molecule has 114 valence electrons. The molecule has 0 radical (unpaired) electrons. The first-order valence-corrected chi connectivity index (χ1v) is 6.87. The van der Waals surface area contributed by atoms with Gasteiger partial charge in [0.2, 0.25) is 0 Å². The lowest BCUT2D eigenvalue weighted by atomic mass is 10.3. The average molecular weight is 290 g/mol. The minimum absolute atomic E-state index is 0.0349. The fourth-order valence-electron chi connectivity index (χ4n) is 1.70. The molecule has 4 nitrogen and oxygen atoms in total. The zero-order valence-electron chi connectivity index (χ0n) is 11.8. The Morgan fingerprint density at radius 1 is 1.10 bits per heavy atom. The minimum Gasteiger partial charge on any atom is -0.370 e. The van der Waals surface area contributed by atoms with Crippen LogP contribution < -0.4 is 10.6 Å². The van der Waals surface area contributed by atoms with E-state index in [-0.39, 0.29) is 13.0 Å². The summed E-state index contributed by atoms with van der Waals surface area (Å²) in [5.41, 5.74) is 0. The van der Waals surface area contributed by atoms with Crippen molar-refractivity contribution in [2.24, 2.45) is 0 Å². The van der Waals surface area contributed by atoms with Crippen LogP contribution >= 0.6 is 0 Å². The Kier molecular flexibility index (Phi) is 6.54. The van der Waals surface area contributed by atoms with E-state index in [4.69, 9.17) is 0 Å². The third-order valence-electron chi connectivity index (χ3n) is 2.55. The molecule has 0 saturated carbocycles. The van der Waals surface area contributed by atoms with E-state index >= 15 is 0 Å². The molecule has 0 spiro atoms. The predicted molar refractivity (Wildman–Crippen MR) is 74.0 cm³/mol. The maximum absolute atomic E-state index is 12.0. The largest absolute Gasteiger partial charge is 0.389 e. The molecule has 7 heteroatoms. The van der Waals surface area contributed by atoms with Crippen LogP contribution in [0.4, 0.5) is 24.8 Å². The molecule has 20 heavy (non-hydrogen) atoms. The van der Waals surface area contributed by atoms with Gasteiger partial charge in [-0.3, -0.25) is 0 Å². The number of nitrogens with zero attached hydrogens (tertiary/aromatic N) is 2. The summed E-state index contributed by atoms with van der Waals surface area (Å²) in [5, 5.41) is 6.01. The number of aromatic nitrogens is 2. The number of anilines is 2. The molecule has 0 fully saturated rings. The molecule has 0 saturated heterocycles. The molecule has 1 aromatic rings. The second kappa shape index (κ2) is 7.91. The van der Waals surface area contributed by atoms with Crippen molar-refractivity contribution in [3.63, 3.8) is 0 Å². The number of nitrogens with one attached hydrogen (secondary N) is 2. The van der Waals surface area contributed by atoms with Crippen LogP contribution in [0.3, 0.4) is 0 Å². The van der Waals surface area contributed by atoms with Gasteiger partial charge in [-0.2, -0.15) is 13.2 Å². The second-order valence-electron chi connectivity index (χ2n) is 4.48. The van der Waals surface area contributed by atoms with Crippen LogP contribution in [0, 0.1) is 0 Å². The molecular weight excluding hydrogens is 269 g/mol. The highest BCUT2D eigenvalue weighted by molar-refractivity contribution is 5.47. The molecule has 1 rings (SSSR count). The number of hydrogen-bond donors (Lipinski definition) is 2. The Hall–Kier alpha value is -1.53. The molecule has 1 aromatic heterocycles. The first kappa shape index (κ1) is 16.5. The maximum Gasteiger partial charge on any atom is 0.389 e. The zero-order valence-corrected chi connectivity index (χ0v) is 11.8. The molecule has 0 aromatic carbocycles. The summed E-state index contributed by atoms with van der Waals surface area (Å²) in [5.74, 6) is 1.97. The second-order valence-corrected chi connectivity index (χ2v) is 4.48. The molecule has 0 unspecified atom stereocenters. The Labute approximate surface area is 117 Å². The third-order valence-corrected chi connectivity index (χ3v) is 2.55. The van der Waals surface area contributed by atoms with Gasteiger partial charge in [-0.1, -0.05) is 6.92 Å². The highest BCUT2D eigenvalue weighted by Crippen LogP contribution is 2.21. The molecule has 1 heterocycles. The van der Waals surface area contributed by atoms with Crippen LogP contribution in [0.5, 0.6) is 0 Å². The summed E-state index contributed by atoms with van der Waals surface area (Å²) in [6.45, 7) is 4.96. The van der Waals surface area contributed by atoms with Gasteiger partial charge in [-0.15, -0.1) is 0 Å².